The van der Waals surface area contributed by atoms with E-state index in [1.54, 1.807) is 0 Å². The first-order valence-corrected chi connectivity index (χ1v) is 5.40. The molecule has 3 N–H and O–H groups in total. The van der Waals surface area contributed by atoms with Gasteiger partial charge in [-0.3, -0.25) is 4.79 Å². The molecule has 19 heavy (non-hydrogen) atoms. The number of hydrogen-bond donors (Lipinski definition) is 3. The van der Waals surface area contributed by atoms with E-state index in [-0.39, 0.29) is 22.1 Å². The lowest BCUT2D eigenvalue weighted by Crippen LogP contribution is -2.16. The van der Waals surface area contributed by atoms with E-state index >= 15 is 0 Å². The van der Waals surface area contributed by atoms with Gasteiger partial charge in [-0.2, -0.15) is 0 Å². The second kappa shape index (κ2) is 5.07. The second-order valence-electron chi connectivity index (χ2n) is 3.51. The molecule has 98 valence electrons. The summed E-state index contributed by atoms with van der Waals surface area (Å²) in [6, 6.07) is 3.43. The van der Waals surface area contributed by atoms with E-state index in [1.165, 1.54) is 6.07 Å². The number of imidazole rings is 1. The van der Waals surface area contributed by atoms with Crippen molar-refractivity contribution < 1.29 is 19.1 Å². The normalized spacial score (nSPS) is 10.2. The summed E-state index contributed by atoms with van der Waals surface area (Å²) in [6.45, 7) is 0. The third-order valence-corrected chi connectivity index (χ3v) is 2.57. The highest BCUT2D eigenvalue weighted by Gasteiger charge is 2.20. The third kappa shape index (κ3) is 2.71. The lowest BCUT2D eigenvalue weighted by atomic mass is 10.2. The maximum absolute atomic E-state index is 13.0. The average Bonchev–Trinajstić information content (AvgIpc) is 2.83. The molecule has 1 aromatic carbocycles. The van der Waals surface area contributed by atoms with Crippen LogP contribution in [0.15, 0.2) is 24.5 Å². The molecule has 1 aromatic heterocycles. The molecule has 1 heterocycles. The molecule has 2 rings (SSSR count). The highest BCUT2D eigenvalue weighted by Crippen LogP contribution is 2.23. The molecule has 0 radical (unpaired) electrons. The summed E-state index contributed by atoms with van der Waals surface area (Å²) in [5, 5.41) is 11.2. The van der Waals surface area contributed by atoms with E-state index in [2.05, 4.69) is 15.3 Å². The Bertz CT molecular complexity index is 656. The van der Waals surface area contributed by atoms with Crippen LogP contribution < -0.4 is 5.32 Å². The second-order valence-corrected chi connectivity index (χ2v) is 3.92. The molecule has 6 nitrogen and oxygen atoms in total. The number of carboxylic acid groups (broad SMARTS) is 1. The summed E-state index contributed by atoms with van der Waals surface area (Å²) in [5.41, 5.74) is -0.635. The van der Waals surface area contributed by atoms with Crippen molar-refractivity contribution in [2.45, 2.75) is 0 Å². The van der Waals surface area contributed by atoms with Crippen molar-refractivity contribution in [1.82, 2.24) is 9.97 Å². The Morgan fingerprint density at radius 2 is 2.16 bits per heavy atom. The number of carbonyl (C=O) groups is 2. The molecular formula is C11H7ClFN3O3. The zero-order valence-corrected chi connectivity index (χ0v) is 10.0. The Balaban J connectivity index is 2.28. The number of aromatic amines is 1. The molecule has 0 unspecified atom stereocenters. The molecule has 8 heteroatoms. The first kappa shape index (κ1) is 13.0. The lowest BCUT2D eigenvalue weighted by molar-refractivity contribution is 0.0686. The van der Waals surface area contributed by atoms with Crippen molar-refractivity contribution in [3.63, 3.8) is 0 Å². The zero-order valence-electron chi connectivity index (χ0n) is 9.28. The van der Waals surface area contributed by atoms with E-state index in [1.807, 2.05) is 0 Å². The van der Waals surface area contributed by atoms with Crippen LogP contribution in [0, 0.1) is 5.82 Å². The SMILES string of the molecule is O=C(Nc1cc(F)ccc1Cl)c1nc[nH]c1C(=O)O. The molecule has 0 aliphatic heterocycles. The Hall–Kier alpha value is -2.41. The van der Waals surface area contributed by atoms with Gasteiger partial charge in [0, 0.05) is 0 Å². The number of rotatable bonds is 3. The topological polar surface area (TPSA) is 95.1 Å². The summed E-state index contributed by atoms with van der Waals surface area (Å²) in [5.74, 6) is -2.71. The fraction of sp³-hybridized carbons (Fsp3) is 0. The van der Waals surface area contributed by atoms with Crippen LogP contribution in [0.25, 0.3) is 0 Å². The highest BCUT2D eigenvalue weighted by atomic mass is 35.5. The number of benzene rings is 1. The number of aromatic nitrogens is 2. The standard InChI is InChI=1S/C11H7ClFN3O3/c12-6-2-1-5(13)3-7(6)16-10(17)8-9(11(18)19)15-4-14-8/h1-4H,(H,14,15)(H,16,17)(H,18,19). The van der Waals surface area contributed by atoms with Crippen LogP contribution in [-0.4, -0.2) is 27.0 Å². The number of nitrogens with zero attached hydrogens (tertiary/aromatic N) is 1. The van der Waals surface area contributed by atoms with Crippen molar-refractivity contribution >= 4 is 29.2 Å². The Labute approximate surface area is 111 Å². The van der Waals surface area contributed by atoms with Gasteiger partial charge in [-0.25, -0.2) is 14.2 Å². The van der Waals surface area contributed by atoms with Crippen LogP contribution >= 0.6 is 11.6 Å². The smallest absolute Gasteiger partial charge is 0.354 e. The van der Waals surface area contributed by atoms with Crippen molar-refractivity contribution in [1.29, 1.82) is 0 Å². The van der Waals surface area contributed by atoms with Crippen molar-refractivity contribution in [3.05, 3.63) is 46.8 Å². The van der Waals surface area contributed by atoms with Crippen LogP contribution in [0.4, 0.5) is 10.1 Å². The summed E-state index contributed by atoms with van der Waals surface area (Å²) in [7, 11) is 0. The van der Waals surface area contributed by atoms with Gasteiger partial charge in [-0.05, 0) is 18.2 Å². The third-order valence-electron chi connectivity index (χ3n) is 2.24. The van der Waals surface area contributed by atoms with Gasteiger partial charge >= 0.3 is 5.97 Å². The van der Waals surface area contributed by atoms with Gasteiger partial charge in [0.25, 0.3) is 5.91 Å². The predicted octanol–water partition coefficient (Wildman–Crippen LogP) is 2.15. The minimum Gasteiger partial charge on any atom is -0.477 e. The monoisotopic (exact) mass is 283 g/mol. The molecule has 0 aliphatic carbocycles. The van der Waals surface area contributed by atoms with Gasteiger partial charge in [0.1, 0.15) is 5.82 Å². The van der Waals surface area contributed by atoms with E-state index in [9.17, 15) is 14.0 Å². The van der Waals surface area contributed by atoms with Gasteiger partial charge in [-0.1, -0.05) is 11.6 Å². The number of hydrogen-bond acceptors (Lipinski definition) is 3. The van der Waals surface area contributed by atoms with Crippen molar-refractivity contribution in [2.24, 2.45) is 0 Å². The molecule has 0 fully saturated rings. The molecule has 0 bridgehead atoms. The van der Waals surface area contributed by atoms with E-state index in [0.29, 0.717) is 0 Å². The van der Waals surface area contributed by atoms with E-state index in [0.717, 1.165) is 18.5 Å². The first-order chi connectivity index (χ1) is 8.99. The van der Waals surface area contributed by atoms with Gasteiger partial charge < -0.3 is 15.4 Å². The van der Waals surface area contributed by atoms with Gasteiger partial charge in [0.05, 0.1) is 17.0 Å². The predicted molar refractivity (Wildman–Crippen MR) is 64.9 cm³/mol. The van der Waals surface area contributed by atoms with Crippen LogP contribution in [-0.2, 0) is 0 Å². The number of carbonyl (C=O) groups excluding carboxylic acids is 1. The van der Waals surface area contributed by atoms with E-state index < -0.39 is 17.7 Å². The van der Waals surface area contributed by atoms with Gasteiger partial charge in [0.2, 0.25) is 0 Å². The number of amides is 1. The minimum absolute atomic E-state index is 0.0333. The van der Waals surface area contributed by atoms with Gasteiger partial charge in [-0.15, -0.1) is 0 Å². The number of H-pyrrole nitrogens is 1. The zero-order chi connectivity index (χ0) is 14.0. The van der Waals surface area contributed by atoms with Crippen LogP contribution in [0.3, 0.4) is 0 Å². The van der Waals surface area contributed by atoms with E-state index in [4.69, 9.17) is 16.7 Å². The number of nitrogens with one attached hydrogen (secondary N) is 2. The van der Waals surface area contributed by atoms with Crippen LogP contribution in [0.2, 0.25) is 5.02 Å². The van der Waals surface area contributed by atoms with Gasteiger partial charge in [0.15, 0.2) is 11.4 Å². The largest absolute Gasteiger partial charge is 0.477 e. The highest BCUT2D eigenvalue weighted by molar-refractivity contribution is 6.34. The molecule has 0 saturated carbocycles. The Morgan fingerprint density at radius 1 is 1.42 bits per heavy atom. The number of halogens is 2. The quantitative estimate of drug-likeness (QED) is 0.804. The molecule has 0 saturated heterocycles. The maximum Gasteiger partial charge on any atom is 0.354 e. The summed E-state index contributed by atoms with van der Waals surface area (Å²) in [6.07, 6.45) is 1.07. The molecular weight excluding hydrogens is 277 g/mol. The summed E-state index contributed by atoms with van der Waals surface area (Å²) >= 11 is 5.78. The first-order valence-electron chi connectivity index (χ1n) is 5.02. The number of carboxylic acids is 1. The fourth-order valence-corrected chi connectivity index (χ4v) is 1.57. The average molecular weight is 284 g/mol. The van der Waals surface area contributed by atoms with Crippen LogP contribution in [0.1, 0.15) is 21.0 Å². The molecule has 1 amide bonds. The minimum atomic E-state index is -1.33. The number of anilines is 1. The van der Waals surface area contributed by atoms with Crippen molar-refractivity contribution in [3.8, 4) is 0 Å². The molecule has 2 aromatic rings. The Kier molecular flexibility index (Phi) is 3.48. The summed E-state index contributed by atoms with van der Waals surface area (Å²) in [4.78, 5) is 28.6. The molecule has 0 aliphatic rings. The maximum atomic E-state index is 13.0. The van der Waals surface area contributed by atoms with Crippen LogP contribution in [0.5, 0.6) is 0 Å². The molecule has 0 atom stereocenters. The fourth-order valence-electron chi connectivity index (χ4n) is 1.40. The number of aromatic carboxylic acids is 1. The van der Waals surface area contributed by atoms with Crippen molar-refractivity contribution in [2.75, 3.05) is 5.32 Å². The Morgan fingerprint density at radius 3 is 2.84 bits per heavy atom. The molecule has 0 spiro atoms. The lowest BCUT2D eigenvalue weighted by Gasteiger charge is -2.06. The summed E-state index contributed by atoms with van der Waals surface area (Å²) < 4.78 is 13.0.